The fraction of sp³-hybridized carbons (Fsp3) is 0.0645. The zero-order chi connectivity index (χ0) is 28.8. The van der Waals surface area contributed by atoms with Crippen molar-refractivity contribution in [3.05, 3.63) is 124 Å². The fourth-order valence-electron chi connectivity index (χ4n) is 3.92. The molecule has 1 atom stereocenters. The van der Waals surface area contributed by atoms with E-state index in [1.54, 1.807) is 49.6 Å². The van der Waals surface area contributed by atoms with Crippen LogP contribution in [-0.2, 0) is 4.79 Å². The molecule has 1 heterocycles. The van der Waals surface area contributed by atoms with Crippen molar-refractivity contribution in [2.45, 2.75) is 10.1 Å². The molecule has 2 amide bonds. The van der Waals surface area contributed by atoms with Crippen LogP contribution in [0.4, 0.5) is 10.8 Å². The lowest BCUT2D eigenvalue weighted by molar-refractivity contribution is -0.115. The number of carbonyl (C=O) groups excluding carboxylic acids is 2. The number of hydrogen-bond donors (Lipinski definition) is 2. The number of hydrogen-bond acceptors (Lipinski definition) is 6. The number of thioether (sulfide) groups is 1. The van der Waals surface area contributed by atoms with Crippen LogP contribution in [0.25, 0.3) is 11.3 Å². The van der Waals surface area contributed by atoms with Crippen molar-refractivity contribution in [2.75, 3.05) is 17.7 Å². The van der Waals surface area contributed by atoms with Gasteiger partial charge in [-0.15, -0.1) is 23.1 Å². The number of ether oxygens (including phenoxy) is 1. The molecule has 0 aliphatic carbocycles. The molecule has 0 aliphatic rings. The number of nitrogens with zero attached hydrogens (tertiary/aromatic N) is 1. The largest absolute Gasteiger partial charge is 0.497 e. The lowest BCUT2D eigenvalue weighted by atomic mass is 10.1. The molecule has 0 radical (unpaired) electrons. The molecule has 206 valence electrons. The fourth-order valence-corrected chi connectivity index (χ4v) is 6.17. The molecule has 0 aliphatic heterocycles. The second kappa shape index (κ2) is 13.2. The van der Waals surface area contributed by atoms with E-state index in [-0.39, 0.29) is 11.8 Å². The van der Waals surface area contributed by atoms with E-state index in [0.29, 0.717) is 37.9 Å². The number of thiazole rings is 1. The minimum absolute atomic E-state index is 0.207. The van der Waals surface area contributed by atoms with Crippen molar-refractivity contribution in [3.8, 4) is 17.0 Å². The Morgan fingerprint density at radius 3 is 2.32 bits per heavy atom. The number of rotatable bonds is 9. The van der Waals surface area contributed by atoms with Gasteiger partial charge in [0.25, 0.3) is 5.91 Å². The van der Waals surface area contributed by atoms with Gasteiger partial charge in [0, 0.05) is 32.1 Å². The second-order valence-corrected chi connectivity index (χ2v) is 11.6. The topological polar surface area (TPSA) is 80.3 Å². The van der Waals surface area contributed by atoms with Crippen LogP contribution in [0.5, 0.6) is 5.75 Å². The van der Waals surface area contributed by atoms with Crippen LogP contribution in [0.2, 0.25) is 10.0 Å². The molecule has 1 aromatic heterocycles. The maximum absolute atomic E-state index is 13.5. The minimum atomic E-state index is -0.539. The molecule has 0 bridgehead atoms. The van der Waals surface area contributed by atoms with E-state index < -0.39 is 5.25 Å². The van der Waals surface area contributed by atoms with E-state index in [9.17, 15) is 9.59 Å². The Labute approximate surface area is 255 Å². The lowest BCUT2D eigenvalue weighted by Gasteiger charge is -2.16. The molecule has 0 saturated heterocycles. The van der Waals surface area contributed by atoms with Gasteiger partial charge in [0.2, 0.25) is 5.91 Å². The summed E-state index contributed by atoms with van der Waals surface area (Å²) in [5.41, 5.74) is 3.41. The molecule has 0 saturated carbocycles. The minimum Gasteiger partial charge on any atom is -0.497 e. The van der Waals surface area contributed by atoms with Crippen molar-refractivity contribution in [3.63, 3.8) is 0 Å². The van der Waals surface area contributed by atoms with Gasteiger partial charge >= 0.3 is 0 Å². The third-order valence-electron chi connectivity index (χ3n) is 6.00. The van der Waals surface area contributed by atoms with Crippen LogP contribution in [0.3, 0.4) is 0 Å². The molecule has 0 fully saturated rings. The molecular weight excluding hydrogens is 597 g/mol. The van der Waals surface area contributed by atoms with Crippen LogP contribution in [0, 0.1) is 0 Å². The van der Waals surface area contributed by atoms with Gasteiger partial charge in [0.1, 0.15) is 11.0 Å². The van der Waals surface area contributed by atoms with Crippen molar-refractivity contribution in [1.82, 2.24) is 4.98 Å². The molecule has 41 heavy (non-hydrogen) atoms. The number of anilines is 2. The number of methoxy groups -OCH3 is 1. The summed E-state index contributed by atoms with van der Waals surface area (Å²) in [7, 11) is 1.58. The average Bonchev–Trinajstić information content (AvgIpc) is 3.45. The Morgan fingerprint density at radius 2 is 1.63 bits per heavy atom. The number of amides is 2. The summed E-state index contributed by atoms with van der Waals surface area (Å²) >= 11 is 15.1. The molecule has 4 aromatic carbocycles. The maximum atomic E-state index is 13.5. The van der Waals surface area contributed by atoms with Crippen molar-refractivity contribution in [2.24, 2.45) is 0 Å². The zero-order valence-electron chi connectivity index (χ0n) is 21.6. The summed E-state index contributed by atoms with van der Waals surface area (Å²) in [6.45, 7) is 0. The van der Waals surface area contributed by atoms with Gasteiger partial charge in [-0.1, -0.05) is 53.5 Å². The first-order chi connectivity index (χ1) is 19.9. The Bertz CT molecular complexity index is 1660. The van der Waals surface area contributed by atoms with Gasteiger partial charge < -0.3 is 15.4 Å². The van der Waals surface area contributed by atoms with Crippen molar-refractivity contribution >= 4 is 68.9 Å². The summed E-state index contributed by atoms with van der Waals surface area (Å²) in [5, 5.41) is 8.65. The second-order valence-electron chi connectivity index (χ2n) is 8.77. The molecular formula is C31H23Cl2N3O3S2. The van der Waals surface area contributed by atoms with Gasteiger partial charge in [-0.2, -0.15) is 0 Å². The van der Waals surface area contributed by atoms with Crippen LogP contribution >= 0.6 is 46.3 Å². The SMILES string of the molecule is COc1ccc(C(=O)Nc2ccc(SC(C(=O)Nc3nc(-c4ccc(Cl)cc4Cl)cs3)c3ccccc3)cc2)cc1. The maximum Gasteiger partial charge on any atom is 0.255 e. The Balaban J connectivity index is 1.29. The highest BCUT2D eigenvalue weighted by molar-refractivity contribution is 8.00. The quantitative estimate of drug-likeness (QED) is 0.161. The molecule has 1 unspecified atom stereocenters. The van der Waals surface area contributed by atoms with Gasteiger partial charge in [0.15, 0.2) is 5.13 Å². The summed E-state index contributed by atoms with van der Waals surface area (Å²) in [5.74, 6) is 0.250. The molecule has 5 rings (SSSR count). The Hall–Kier alpha value is -3.82. The number of aromatic nitrogens is 1. The molecule has 6 nitrogen and oxygen atoms in total. The number of halogens is 2. The Morgan fingerprint density at radius 1 is 0.902 bits per heavy atom. The first-order valence-electron chi connectivity index (χ1n) is 12.4. The van der Waals surface area contributed by atoms with Gasteiger partial charge in [-0.25, -0.2) is 4.98 Å². The van der Waals surface area contributed by atoms with E-state index in [2.05, 4.69) is 15.6 Å². The normalized spacial score (nSPS) is 11.5. The average molecular weight is 621 g/mol. The first-order valence-corrected chi connectivity index (χ1v) is 14.9. The summed E-state index contributed by atoms with van der Waals surface area (Å²) in [4.78, 5) is 31.6. The van der Waals surface area contributed by atoms with E-state index in [4.69, 9.17) is 27.9 Å². The van der Waals surface area contributed by atoms with E-state index >= 15 is 0 Å². The predicted octanol–water partition coefficient (Wildman–Crippen LogP) is 8.85. The van der Waals surface area contributed by atoms with Crippen molar-refractivity contribution in [1.29, 1.82) is 0 Å². The lowest BCUT2D eigenvalue weighted by Crippen LogP contribution is -2.19. The smallest absolute Gasteiger partial charge is 0.255 e. The summed E-state index contributed by atoms with van der Waals surface area (Å²) in [6.07, 6.45) is 0. The van der Waals surface area contributed by atoms with Crippen LogP contribution in [-0.4, -0.2) is 23.9 Å². The van der Waals surface area contributed by atoms with E-state index in [0.717, 1.165) is 16.0 Å². The van der Waals surface area contributed by atoms with E-state index in [1.807, 2.05) is 60.0 Å². The highest BCUT2D eigenvalue weighted by Gasteiger charge is 2.23. The van der Waals surface area contributed by atoms with Crippen LogP contribution in [0.15, 0.2) is 107 Å². The molecule has 10 heteroatoms. The van der Waals surface area contributed by atoms with Gasteiger partial charge in [-0.05, 0) is 72.3 Å². The number of nitrogens with one attached hydrogen (secondary N) is 2. The number of carbonyl (C=O) groups is 2. The zero-order valence-corrected chi connectivity index (χ0v) is 24.8. The monoisotopic (exact) mass is 619 g/mol. The predicted molar refractivity (Wildman–Crippen MR) is 169 cm³/mol. The number of benzene rings is 4. The summed E-state index contributed by atoms with van der Waals surface area (Å²) in [6, 6.07) is 29.0. The molecule has 5 aromatic rings. The van der Waals surface area contributed by atoms with Gasteiger partial charge in [-0.3, -0.25) is 9.59 Å². The molecule has 0 spiro atoms. The third kappa shape index (κ3) is 7.28. The molecule has 2 N–H and O–H groups in total. The van der Waals surface area contributed by atoms with E-state index in [1.165, 1.54) is 23.1 Å². The highest BCUT2D eigenvalue weighted by Crippen LogP contribution is 2.38. The van der Waals surface area contributed by atoms with Crippen LogP contribution < -0.4 is 15.4 Å². The van der Waals surface area contributed by atoms with Gasteiger partial charge in [0.05, 0.1) is 17.8 Å². The first kappa shape index (κ1) is 28.7. The summed E-state index contributed by atoms with van der Waals surface area (Å²) < 4.78 is 5.15. The van der Waals surface area contributed by atoms with Crippen molar-refractivity contribution < 1.29 is 14.3 Å². The third-order valence-corrected chi connectivity index (χ3v) is 8.57. The highest BCUT2D eigenvalue weighted by atomic mass is 35.5. The Kier molecular flexibility index (Phi) is 9.26. The van der Waals surface area contributed by atoms with Crippen LogP contribution in [0.1, 0.15) is 21.2 Å². The standard InChI is InChI=1S/C31H23Cl2N3O3S2/c1-39-23-12-7-20(8-13-23)29(37)34-22-10-14-24(15-11-22)41-28(19-5-3-2-4-6-19)30(38)36-31-35-27(18-40-31)25-16-9-21(32)17-26(25)33/h2-18,28H,1H3,(H,34,37)(H,35,36,38).